The molecule has 0 unspecified atom stereocenters. The van der Waals surface area contributed by atoms with Crippen LogP contribution in [0.2, 0.25) is 0 Å². The Morgan fingerprint density at radius 2 is 2.11 bits per heavy atom. The van der Waals surface area contributed by atoms with E-state index in [4.69, 9.17) is 5.73 Å². The molecule has 0 spiro atoms. The van der Waals surface area contributed by atoms with Gasteiger partial charge in [-0.15, -0.1) is 0 Å². The molecule has 0 radical (unpaired) electrons. The lowest BCUT2D eigenvalue weighted by Crippen LogP contribution is -2.29. The maximum Gasteiger partial charge on any atom is 0.339 e. The lowest BCUT2D eigenvalue weighted by molar-refractivity contribution is 0.0697. The number of nitrogens with zero attached hydrogens (tertiary/aromatic N) is 3. The van der Waals surface area contributed by atoms with Crippen LogP contribution in [-0.2, 0) is 0 Å². The number of nitrogens with two attached hydrogens (primary N) is 1. The monoisotopic (exact) mass is 266 g/mol. The predicted molar refractivity (Wildman–Crippen MR) is 76.7 cm³/mol. The number of hydrogen-bond donors (Lipinski definition) is 2. The second-order valence-electron chi connectivity index (χ2n) is 4.68. The number of anilines is 2. The van der Waals surface area contributed by atoms with E-state index in [2.05, 4.69) is 9.88 Å². The lowest BCUT2D eigenvalue weighted by Gasteiger charge is -2.24. The van der Waals surface area contributed by atoms with Crippen molar-refractivity contribution in [3.8, 4) is 0 Å². The molecule has 106 valence electrons. The second-order valence-corrected chi connectivity index (χ2v) is 4.68. The Kier molecular flexibility index (Phi) is 5.57. The molecule has 0 aliphatic heterocycles. The smallest absolute Gasteiger partial charge is 0.339 e. The van der Waals surface area contributed by atoms with Gasteiger partial charge in [-0.05, 0) is 40.1 Å². The van der Waals surface area contributed by atoms with Crippen LogP contribution in [0.5, 0.6) is 0 Å². The molecule has 1 aromatic rings. The zero-order valence-corrected chi connectivity index (χ0v) is 11.8. The fraction of sp³-hybridized carbons (Fsp3) is 0.538. The zero-order chi connectivity index (χ0) is 14.4. The number of hydrogen-bond acceptors (Lipinski definition) is 5. The van der Waals surface area contributed by atoms with E-state index in [0.29, 0.717) is 18.1 Å². The highest BCUT2D eigenvalue weighted by Crippen LogP contribution is 2.20. The van der Waals surface area contributed by atoms with Gasteiger partial charge in [0, 0.05) is 13.1 Å². The van der Waals surface area contributed by atoms with Crippen molar-refractivity contribution in [2.75, 3.05) is 44.4 Å². The maximum absolute atomic E-state index is 11.2. The van der Waals surface area contributed by atoms with Gasteiger partial charge in [0.15, 0.2) is 0 Å². The van der Waals surface area contributed by atoms with Crippen LogP contribution in [0.25, 0.3) is 0 Å². The largest absolute Gasteiger partial charge is 0.478 e. The van der Waals surface area contributed by atoms with Crippen molar-refractivity contribution in [2.24, 2.45) is 0 Å². The summed E-state index contributed by atoms with van der Waals surface area (Å²) in [5.74, 6) is -0.510. The second kappa shape index (κ2) is 6.94. The third-order valence-corrected chi connectivity index (χ3v) is 2.83. The van der Waals surface area contributed by atoms with Gasteiger partial charge in [-0.1, -0.05) is 0 Å². The highest BCUT2D eigenvalue weighted by atomic mass is 16.4. The van der Waals surface area contributed by atoms with Gasteiger partial charge in [0.25, 0.3) is 0 Å². The third kappa shape index (κ3) is 4.40. The van der Waals surface area contributed by atoms with Crippen molar-refractivity contribution in [1.29, 1.82) is 0 Å². The van der Waals surface area contributed by atoms with Gasteiger partial charge in [-0.3, -0.25) is 0 Å². The summed E-state index contributed by atoms with van der Waals surface area (Å²) in [6.45, 7) is 4.42. The van der Waals surface area contributed by atoms with Crippen LogP contribution in [0.15, 0.2) is 12.3 Å². The average molecular weight is 266 g/mol. The molecule has 0 fully saturated rings. The molecule has 0 amide bonds. The van der Waals surface area contributed by atoms with Crippen LogP contribution < -0.4 is 10.6 Å². The third-order valence-electron chi connectivity index (χ3n) is 2.83. The van der Waals surface area contributed by atoms with E-state index >= 15 is 0 Å². The Morgan fingerprint density at radius 1 is 1.42 bits per heavy atom. The van der Waals surface area contributed by atoms with Gasteiger partial charge < -0.3 is 20.6 Å². The maximum atomic E-state index is 11.2. The molecule has 0 saturated carbocycles. The molecule has 0 aliphatic carbocycles. The van der Waals surface area contributed by atoms with Gasteiger partial charge in [-0.25, -0.2) is 9.78 Å². The highest BCUT2D eigenvalue weighted by Gasteiger charge is 2.16. The van der Waals surface area contributed by atoms with E-state index in [1.165, 1.54) is 12.3 Å². The number of carbonyl (C=O) groups is 1. The molecule has 1 aromatic heterocycles. The quantitative estimate of drug-likeness (QED) is 0.770. The normalized spacial score (nSPS) is 10.7. The predicted octanol–water partition coefficient (Wildman–Crippen LogP) is 1.14. The first-order chi connectivity index (χ1) is 8.95. The first-order valence-corrected chi connectivity index (χ1v) is 6.34. The summed E-state index contributed by atoms with van der Waals surface area (Å²) in [4.78, 5) is 19.5. The summed E-state index contributed by atoms with van der Waals surface area (Å²) in [6, 6.07) is 1.46. The van der Waals surface area contributed by atoms with Crippen LogP contribution >= 0.6 is 0 Å². The molecule has 0 saturated heterocycles. The van der Waals surface area contributed by atoms with Crippen molar-refractivity contribution in [2.45, 2.75) is 13.3 Å². The van der Waals surface area contributed by atoms with Gasteiger partial charge in [0.1, 0.15) is 11.4 Å². The van der Waals surface area contributed by atoms with Gasteiger partial charge >= 0.3 is 5.97 Å². The number of aromatic carboxylic acids is 1. The van der Waals surface area contributed by atoms with E-state index in [0.717, 1.165) is 19.5 Å². The molecule has 1 rings (SSSR count). The van der Waals surface area contributed by atoms with Crippen molar-refractivity contribution in [1.82, 2.24) is 9.88 Å². The molecule has 0 bridgehead atoms. The molecular formula is C13H22N4O2. The number of pyridine rings is 1. The number of carboxylic acid groups (broad SMARTS) is 1. The first kappa shape index (κ1) is 15.2. The fourth-order valence-corrected chi connectivity index (χ4v) is 1.87. The molecule has 19 heavy (non-hydrogen) atoms. The Hall–Kier alpha value is -1.82. The minimum atomic E-state index is -0.999. The summed E-state index contributed by atoms with van der Waals surface area (Å²) >= 11 is 0. The zero-order valence-electron chi connectivity index (χ0n) is 11.8. The number of rotatable bonds is 7. The van der Waals surface area contributed by atoms with E-state index in [1.807, 2.05) is 25.9 Å². The van der Waals surface area contributed by atoms with Crippen LogP contribution in [-0.4, -0.2) is 54.7 Å². The van der Waals surface area contributed by atoms with Gasteiger partial charge in [-0.2, -0.15) is 0 Å². The topological polar surface area (TPSA) is 82.7 Å². The van der Waals surface area contributed by atoms with Crippen molar-refractivity contribution in [3.63, 3.8) is 0 Å². The van der Waals surface area contributed by atoms with Crippen LogP contribution in [0.4, 0.5) is 11.5 Å². The van der Waals surface area contributed by atoms with Gasteiger partial charge in [0.05, 0.1) is 11.9 Å². The standard InChI is InChI=1S/C13H22N4O2/c1-4-17(7-5-6-16(2)3)12-11(13(18)19)8-10(14)9-15-12/h8-9H,4-7,14H2,1-3H3,(H,18,19). The van der Waals surface area contributed by atoms with Crippen molar-refractivity contribution >= 4 is 17.5 Å². The number of carboxylic acids is 1. The Balaban J connectivity index is 2.88. The molecule has 6 heteroatoms. The molecule has 0 atom stereocenters. The van der Waals surface area contributed by atoms with Crippen LogP contribution in [0, 0.1) is 0 Å². The molecule has 0 aromatic carbocycles. The minimum Gasteiger partial charge on any atom is -0.478 e. The van der Waals surface area contributed by atoms with Crippen LogP contribution in [0.3, 0.4) is 0 Å². The Labute approximate surface area is 113 Å². The molecule has 1 heterocycles. The summed E-state index contributed by atoms with van der Waals surface area (Å²) in [7, 11) is 4.03. The average Bonchev–Trinajstić information content (AvgIpc) is 2.34. The van der Waals surface area contributed by atoms with Crippen molar-refractivity contribution in [3.05, 3.63) is 17.8 Å². The molecule has 0 aliphatic rings. The van der Waals surface area contributed by atoms with E-state index in [1.54, 1.807) is 0 Å². The number of aromatic nitrogens is 1. The van der Waals surface area contributed by atoms with E-state index in [-0.39, 0.29) is 5.56 Å². The fourth-order valence-electron chi connectivity index (χ4n) is 1.87. The summed E-state index contributed by atoms with van der Waals surface area (Å²) in [5.41, 5.74) is 6.12. The van der Waals surface area contributed by atoms with E-state index < -0.39 is 5.97 Å². The molecule has 6 nitrogen and oxygen atoms in total. The Bertz CT molecular complexity index is 435. The Morgan fingerprint density at radius 3 is 2.63 bits per heavy atom. The van der Waals surface area contributed by atoms with Crippen molar-refractivity contribution < 1.29 is 9.90 Å². The first-order valence-electron chi connectivity index (χ1n) is 6.34. The van der Waals surface area contributed by atoms with Gasteiger partial charge in [0.2, 0.25) is 0 Å². The summed E-state index contributed by atoms with van der Waals surface area (Å²) < 4.78 is 0. The lowest BCUT2D eigenvalue weighted by atomic mass is 10.2. The minimum absolute atomic E-state index is 0.159. The van der Waals surface area contributed by atoms with Crippen LogP contribution in [0.1, 0.15) is 23.7 Å². The molecular weight excluding hydrogens is 244 g/mol. The summed E-state index contributed by atoms with van der Waals surface area (Å²) in [6.07, 6.45) is 2.45. The molecule has 3 N–H and O–H groups in total. The highest BCUT2D eigenvalue weighted by molar-refractivity contribution is 5.94. The number of nitrogen functional groups attached to an aromatic ring is 1. The SMILES string of the molecule is CCN(CCCN(C)C)c1ncc(N)cc1C(=O)O. The van der Waals surface area contributed by atoms with E-state index in [9.17, 15) is 9.90 Å². The summed E-state index contributed by atoms with van der Waals surface area (Å²) in [5, 5.41) is 9.22.